The molecule has 1 amide bonds. The molecule has 3 saturated heterocycles. The number of thioether (sulfide) groups is 1. The number of nitrogens with two attached hydrogens (primary N) is 1. The maximum Gasteiger partial charge on any atom is 0.320 e. The predicted molar refractivity (Wildman–Crippen MR) is 253 cm³/mol. The first-order valence-electron chi connectivity index (χ1n) is 22.5. The molecule has 3 aliphatic heterocycles. The molecule has 3 fully saturated rings. The normalized spacial score (nSPS) is 34.4. The van der Waals surface area contributed by atoms with Crippen molar-refractivity contribution < 1.29 is 52.8 Å². The second-order valence-corrected chi connectivity index (χ2v) is 20.8. The van der Waals surface area contributed by atoms with Crippen molar-refractivity contribution >= 4 is 86.9 Å². The van der Waals surface area contributed by atoms with Crippen LogP contribution in [0.25, 0.3) is 11.0 Å². The van der Waals surface area contributed by atoms with Gasteiger partial charge in [0.15, 0.2) is 23.5 Å². The summed E-state index contributed by atoms with van der Waals surface area (Å²) in [6.07, 6.45) is 1.64. The Morgan fingerprint density at radius 3 is 2.33 bits per heavy atom. The summed E-state index contributed by atoms with van der Waals surface area (Å²) in [5, 5.41) is 13.6. The van der Waals surface area contributed by atoms with Crippen molar-refractivity contribution in [1.82, 2.24) is 24.4 Å². The first kappa shape index (κ1) is 52.4. The van der Waals surface area contributed by atoms with E-state index < -0.39 is 94.3 Å². The summed E-state index contributed by atoms with van der Waals surface area (Å²) in [6.45, 7) is 13.9. The van der Waals surface area contributed by atoms with Crippen LogP contribution in [-0.2, 0) is 49.4 Å². The monoisotopic (exact) mass is 991 g/mol. The Balaban J connectivity index is 1.32. The lowest BCUT2D eigenvalue weighted by molar-refractivity contribution is -0.295. The molecule has 0 aromatic carbocycles. The van der Waals surface area contributed by atoms with Gasteiger partial charge in [-0.3, -0.25) is 29.0 Å². The number of pyridine rings is 2. The number of anilines is 2. The lowest BCUT2D eigenvalue weighted by Crippen LogP contribution is -2.59. The maximum absolute atomic E-state index is 14.9. The molecule has 0 radical (unpaired) electrons. The highest BCUT2D eigenvalue weighted by Crippen LogP contribution is 2.49. The Labute approximate surface area is 405 Å². The van der Waals surface area contributed by atoms with E-state index in [1.54, 1.807) is 46.1 Å². The highest BCUT2D eigenvalue weighted by Gasteiger charge is 2.61. The smallest absolute Gasteiger partial charge is 0.320 e. The molecule has 1 unspecified atom stereocenters. The minimum Gasteiger partial charge on any atom is -0.458 e. The van der Waals surface area contributed by atoms with E-state index in [1.165, 1.54) is 50.7 Å². The minimum atomic E-state index is -1.49. The Morgan fingerprint density at radius 1 is 1.03 bits per heavy atom. The molecule has 21 heteroatoms. The Bertz CT molecular complexity index is 2340. The van der Waals surface area contributed by atoms with Crippen molar-refractivity contribution in [2.45, 2.75) is 134 Å². The van der Waals surface area contributed by atoms with Crippen LogP contribution in [0.4, 0.5) is 11.5 Å². The van der Waals surface area contributed by atoms with Crippen LogP contribution in [0.5, 0.6) is 0 Å². The summed E-state index contributed by atoms with van der Waals surface area (Å²) in [6, 6.07) is -0.317. The number of ether oxygens (including phenoxy) is 5. The third-order valence-corrected chi connectivity index (χ3v) is 15.8. The lowest BCUT2D eigenvalue weighted by Gasteiger charge is -2.47. The molecule has 6 rings (SSSR count). The summed E-state index contributed by atoms with van der Waals surface area (Å²) in [4.78, 5) is 85.8. The third kappa shape index (κ3) is 10.3. The Hall–Kier alpha value is -3.95. The number of likely N-dealkylation sites (N-methyl/N-ethyl adjacent to an activating group) is 1. The topological polar surface area (TPSA) is 237 Å². The number of aliphatic hydroxyl groups is 1. The third-order valence-electron chi connectivity index (χ3n) is 13.9. The zero-order valence-electron chi connectivity index (χ0n) is 39.8. The summed E-state index contributed by atoms with van der Waals surface area (Å²) in [7, 11) is 5.17. The first-order chi connectivity index (χ1) is 31.5. The van der Waals surface area contributed by atoms with Gasteiger partial charge < -0.3 is 49.3 Å². The average molecular weight is 993 g/mol. The van der Waals surface area contributed by atoms with Gasteiger partial charge in [0.05, 0.1) is 50.9 Å². The van der Waals surface area contributed by atoms with Crippen molar-refractivity contribution in [2.75, 3.05) is 38.0 Å². The van der Waals surface area contributed by atoms with Crippen molar-refractivity contribution in [3.05, 3.63) is 40.5 Å². The van der Waals surface area contributed by atoms with Crippen molar-refractivity contribution in [2.24, 2.45) is 29.6 Å². The van der Waals surface area contributed by atoms with Gasteiger partial charge in [0.2, 0.25) is 0 Å². The van der Waals surface area contributed by atoms with Gasteiger partial charge in [0.1, 0.15) is 34.7 Å². The number of amides is 1. The van der Waals surface area contributed by atoms with Gasteiger partial charge in [0, 0.05) is 67.7 Å². The number of hydrogen-bond donors (Lipinski definition) is 3. The molecule has 3 aliphatic rings. The van der Waals surface area contributed by atoms with Crippen LogP contribution in [0.1, 0.15) is 85.0 Å². The molecule has 0 saturated carbocycles. The average Bonchev–Trinajstić information content (AvgIpc) is 3.82. The number of aliphatic hydroxyl groups excluding tert-OH is 1. The number of esters is 2. The number of nitrogen functional groups attached to an aromatic ring is 1. The van der Waals surface area contributed by atoms with Crippen molar-refractivity contribution in [3.63, 3.8) is 0 Å². The van der Waals surface area contributed by atoms with Gasteiger partial charge in [-0.15, -0.1) is 11.8 Å². The molecule has 6 heterocycles. The fraction of sp³-hybridized carbons (Fsp3) is 0.652. The van der Waals surface area contributed by atoms with Gasteiger partial charge in [-0.1, -0.05) is 50.9 Å². The molecular formula is C46H63Cl2N7O11S. The van der Waals surface area contributed by atoms with Gasteiger partial charge in [-0.2, -0.15) is 0 Å². The van der Waals surface area contributed by atoms with E-state index in [0.717, 1.165) is 0 Å². The number of Topliss-reactive ketones (excluding diaryl/α,β-unsaturated/α-hetero) is 2. The largest absolute Gasteiger partial charge is 0.458 e. The van der Waals surface area contributed by atoms with Crippen LogP contribution in [0, 0.1) is 29.6 Å². The number of fused-ring (bicyclic) bond motifs is 2. The molecule has 67 heavy (non-hydrogen) atoms. The predicted octanol–water partition coefficient (Wildman–Crippen LogP) is 5.63. The number of hydrogen-bond acceptors (Lipinski definition) is 17. The van der Waals surface area contributed by atoms with Crippen LogP contribution < -0.4 is 11.1 Å². The van der Waals surface area contributed by atoms with Crippen LogP contribution >= 0.6 is 35.0 Å². The summed E-state index contributed by atoms with van der Waals surface area (Å²) < 4.78 is 33.1. The van der Waals surface area contributed by atoms with Gasteiger partial charge in [0.25, 0.3) is 5.91 Å². The van der Waals surface area contributed by atoms with Gasteiger partial charge in [-0.05, 0) is 61.1 Å². The zero-order chi connectivity index (χ0) is 49.4. The van der Waals surface area contributed by atoms with E-state index in [1.807, 2.05) is 25.9 Å². The van der Waals surface area contributed by atoms with Crippen LogP contribution in [0.15, 0.2) is 24.9 Å². The van der Waals surface area contributed by atoms with E-state index in [0.29, 0.717) is 11.9 Å². The van der Waals surface area contributed by atoms with Gasteiger partial charge >= 0.3 is 11.9 Å². The van der Waals surface area contributed by atoms with E-state index in [2.05, 4.69) is 20.3 Å². The molecule has 14 atom stereocenters. The second-order valence-electron chi connectivity index (χ2n) is 18.7. The fourth-order valence-corrected chi connectivity index (χ4v) is 12.1. The van der Waals surface area contributed by atoms with Crippen molar-refractivity contribution in [3.8, 4) is 0 Å². The quantitative estimate of drug-likeness (QED) is 0.156. The zero-order valence-corrected chi connectivity index (χ0v) is 42.1. The number of rotatable bonds is 11. The maximum atomic E-state index is 14.9. The van der Waals surface area contributed by atoms with Crippen LogP contribution in [-0.4, -0.2) is 139 Å². The number of carbonyl (C=O) groups excluding carboxylic acids is 5. The highest BCUT2D eigenvalue weighted by atomic mass is 35.5. The number of aryl methyl sites for hydroxylation is 1. The fourth-order valence-electron chi connectivity index (χ4n) is 10.2. The van der Waals surface area contributed by atoms with E-state index in [9.17, 15) is 29.1 Å². The molecular weight excluding hydrogens is 930 g/mol. The van der Waals surface area contributed by atoms with E-state index in [4.69, 9.17) is 52.6 Å². The SMILES string of the molecule is CC[C@H]1OC(=O)C(C)C(=O)[C@H](C)[C@@H](O[C@@H]2O[C@H](C)C[C@H](N(C)C)[C@H]2O)[C@](C)(OC)C[C@@H](C)C(=O)[C@H](C)[C@H]2[C@H](SCCn3cnc4c(N)ncc(C(=O)Nc5c(Cl)cncc5Cl)c43)C(=O)O[C@@]21C. The Morgan fingerprint density at radius 2 is 1.70 bits per heavy atom. The van der Waals surface area contributed by atoms with Crippen LogP contribution in [0.2, 0.25) is 10.0 Å². The second kappa shape index (κ2) is 21.0. The van der Waals surface area contributed by atoms with Crippen molar-refractivity contribution in [1.29, 1.82) is 0 Å². The number of methoxy groups -OCH3 is 1. The highest BCUT2D eigenvalue weighted by molar-refractivity contribution is 8.00. The summed E-state index contributed by atoms with van der Waals surface area (Å²) in [5.41, 5.74) is 4.32. The molecule has 3 aromatic heterocycles. The number of nitrogens with one attached hydrogen (secondary N) is 1. The first-order valence-corrected chi connectivity index (χ1v) is 24.3. The summed E-state index contributed by atoms with van der Waals surface area (Å²) in [5.74, 6) is -7.02. The number of imidazole rings is 1. The van der Waals surface area contributed by atoms with E-state index in [-0.39, 0.29) is 75.7 Å². The standard InChI is InChI=1S/C46H63Cl2N7O11S/c1-12-30-46(8)31(38(43(61)66-46)67-14-13-55-20-52-33-34(55)26(17-51-40(33)49)41(59)53-32-27(47)18-50-19-28(32)48)23(4)35(56)21(2)16-45(7,62-11)39(24(5)36(57)25(6)42(60)64-30)65-44-37(58)29(54(9)10)15-22(3)63-44/h17-25,29-31,37-39,44,58H,12-16H2,1-11H3,(H2,49,51)(H,50,53,59)/t21-,22-,23-,24+,25?,29+,30-,31+,37-,38+,39-,44+,45-,46-/m1/s1. The molecule has 0 aliphatic carbocycles. The minimum absolute atomic E-state index is 0.0672. The number of carbonyl (C=O) groups is 5. The molecule has 0 spiro atoms. The molecule has 3 aromatic rings. The number of nitrogens with zero attached hydrogens (tertiary/aromatic N) is 5. The Kier molecular flexibility index (Phi) is 16.4. The lowest BCUT2D eigenvalue weighted by atomic mass is 9.70. The number of aromatic nitrogens is 4. The molecule has 4 N–H and O–H groups in total. The number of cyclic esters (lactones) is 1. The molecule has 368 valence electrons. The van der Waals surface area contributed by atoms with E-state index >= 15 is 0 Å². The molecule has 0 bridgehead atoms. The number of halogens is 2. The summed E-state index contributed by atoms with van der Waals surface area (Å²) >= 11 is 13.8. The molecule has 18 nitrogen and oxygen atoms in total. The van der Waals surface area contributed by atoms with Gasteiger partial charge in [-0.25, -0.2) is 9.97 Å². The van der Waals surface area contributed by atoms with Crippen LogP contribution in [0.3, 0.4) is 0 Å². The number of ketones is 2.